The molecule has 0 heteroatoms. The maximum Gasteiger partial charge on any atom is 0.0164 e. The minimum Gasteiger partial charge on any atom is -0.113 e. The Morgan fingerprint density at radius 2 is 2.00 bits per heavy atom. The Hall–Kier alpha value is -1.26. The van der Waals surface area contributed by atoms with E-state index in [0.29, 0.717) is 0 Å². The smallest absolute Gasteiger partial charge is 0.0164 e. The molecule has 0 radical (unpaired) electrons. The van der Waals surface area contributed by atoms with Crippen LogP contribution in [0.3, 0.4) is 0 Å². The lowest BCUT2D eigenvalue weighted by Gasteiger charge is -1.75. The van der Waals surface area contributed by atoms with E-state index in [1.807, 2.05) is 49.5 Å². The molecule has 10 heavy (non-hydrogen) atoms. The highest BCUT2D eigenvalue weighted by Gasteiger charge is 1.84. The second kappa shape index (κ2) is 3.71. The Bertz CT molecular complexity index is 229. The number of hydrogen-bond donors (Lipinski definition) is 0. The predicted molar refractivity (Wildman–Crippen MR) is 44.7 cm³/mol. The van der Waals surface area contributed by atoms with E-state index in [2.05, 4.69) is 5.73 Å². The number of rotatable bonds is 1. The molecule has 0 aromatic heterocycles. The van der Waals surface area contributed by atoms with E-state index in [9.17, 15) is 0 Å². The summed E-state index contributed by atoms with van der Waals surface area (Å²) in [6.07, 6.45) is 13.9. The van der Waals surface area contributed by atoms with Crippen LogP contribution >= 0.6 is 0 Å². The lowest BCUT2D eigenvalue weighted by Crippen LogP contribution is -1.57. The second-order valence-electron chi connectivity index (χ2n) is 2.01. The molecular formula is C10H10. The zero-order valence-electron chi connectivity index (χ0n) is 6.04. The third-order valence-corrected chi connectivity index (χ3v) is 1.20. The monoisotopic (exact) mass is 130 g/mol. The van der Waals surface area contributed by atoms with Crippen LogP contribution in [0.2, 0.25) is 0 Å². The highest BCUT2D eigenvalue weighted by Crippen LogP contribution is 2.03. The van der Waals surface area contributed by atoms with Crippen LogP contribution in [0.5, 0.6) is 0 Å². The first-order valence-electron chi connectivity index (χ1n) is 3.36. The van der Waals surface area contributed by atoms with Crippen molar-refractivity contribution in [3.05, 3.63) is 53.8 Å². The lowest BCUT2D eigenvalue weighted by atomic mass is 10.3. The molecule has 0 aromatic rings. The molecule has 0 spiro atoms. The maximum absolute atomic E-state index is 3.11. The quantitative estimate of drug-likeness (QED) is 0.378. The first-order chi connectivity index (χ1) is 4.93. The molecule has 0 nitrogen and oxygen atoms in total. The summed E-state index contributed by atoms with van der Waals surface area (Å²) >= 11 is 0. The molecule has 0 fully saturated rings. The summed E-state index contributed by atoms with van der Waals surface area (Å²) in [6, 6.07) is 0. The SMILES string of the molecule is CC=CC=C=C1C=CC=C1. The summed E-state index contributed by atoms with van der Waals surface area (Å²) in [5, 5.41) is 0. The van der Waals surface area contributed by atoms with Crippen LogP contribution in [0.15, 0.2) is 53.8 Å². The van der Waals surface area contributed by atoms with Gasteiger partial charge in [-0.25, -0.2) is 0 Å². The normalized spacial score (nSPS) is 14.7. The Morgan fingerprint density at radius 1 is 1.30 bits per heavy atom. The molecule has 1 aliphatic carbocycles. The van der Waals surface area contributed by atoms with Gasteiger partial charge in [-0.3, -0.25) is 0 Å². The van der Waals surface area contributed by atoms with Crippen molar-refractivity contribution in [1.82, 2.24) is 0 Å². The van der Waals surface area contributed by atoms with Crippen LogP contribution < -0.4 is 0 Å². The van der Waals surface area contributed by atoms with Crippen molar-refractivity contribution < 1.29 is 0 Å². The van der Waals surface area contributed by atoms with Crippen LogP contribution in [0.25, 0.3) is 0 Å². The third kappa shape index (κ3) is 1.93. The molecule has 0 heterocycles. The van der Waals surface area contributed by atoms with Crippen LogP contribution in [0.1, 0.15) is 6.92 Å². The first-order valence-corrected chi connectivity index (χ1v) is 3.36. The van der Waals surface area contributed by atoms with Gasteiger partial charge in [0.15, 0.2) is 0 Å². The van der Waals surface area contributed by atoms with Gasteiger partial charge in [0.25, 0.3) is 0 Å². The molecule has 0 aliphatic heterocycles. The molecule has 0 atom stereocenters. The van der Waals surface area contributed by atoms with Gasteiger partial charge in [-0.15, -0.1) is 5.73 Å². The van der Waals surface area contributed by atoms with Gasteiger partial charge in [0.2, 0.25) is 0 Å². The molecule has 50 valence electrons. The summed E-state index contributed by atoms with van der Waals surface area (Å²) in [7, 11) is 0. The van der Waals surface area contributed by atoms with Crippen molar-refractivity contribution in [2.75, 3.05) is 0 Å². The van der Waals surface area contributed by atoms with E-state index in [4.69, 9.17) is 0 Å². The van der Waals surface area contributed by atoms with Crippen molar-refractivity contribution in [1.29, 1.82) is 0 Å². The number of hydrogen-bond acceptors (Lipinski definition) is 0. The highest BCUT2D eigenvalue weighted by molar-refractivity contribution is 5.39. The largest absolute Gasteiger partial charge is 0.113 e. The van der Waals surface area contributed by atoms with Crippen molar-refractivity contribution in [2.45, 2.75) is 6.92 Å². The second-order valence-corrected chi connectivity index (χ2v) is 2.01. The summed E-state index contributed by atoms with van der Waals surface area (Å²) in [6.45, 7) is 1.99. The van der Waals surface area contributed by atoms with Gasteiger partial charge < -0.3 is 0 Å². The minimum absolute atomic E-state index is 1.14. The third-order valence-electron chi connectivity index (χ3n) is 1.20. The van der Waals surface area contributed by atoms with Gasteiger partial charge in [0.1, 0.15) is 0 Å². The van der Waals surface area contributed by atoms with E-state index in [0.717, 1.165) is 5.57 Å². The molecule has 0 unspecified atom stereocenters. The van der Waals surface area contributed by atoms with Gasteiger partial charge in [-0.1, -0.05) is 24.3 Å². The lowest BCUT2D eigenvalue weighted by molar-refractivity contribution is 1.72. The van der Waals surface area contributed by atoms with Crippen LogP contribution in [-0.4, -0.2) is 0 Å². The van der Waals surface area contributed by atoms with Gasteiger partial charge in [0, 0.05) is 5.57 Å². The van der Waals surface area contributed by atoms with E-state index in [1.54, 1.807) is 0 Å². The fourth-order valence-electron chi connectivity index (χ4n) is 0.711. The number of allylic oxidation sites excluding steroid dienone is 7. The van der Waals surface area contributed by atoms with Gasteiger partial charge in [-0.2, -0.15) is 0 Å². The van der Waals surface area contributed by atoms with Crippen LogP contribution in [0.4, 0.5) is 0 Å². The highest BCUT2D eigenvalue weighted by atomic mass is 13.9. The van der Waals surface area contributed by atoms with Gasteiger partial charge >= 0.3 is 0 Å². The molecule has 0 N–H and O–H groups in total. The van der Waals surface area contributed by atoms with Crippen LogP contribution in [0, 0.1) is 0 Å². The molecule has 1 rings (SSSR count). The first kappa shape index (κ1) is 6.85. The maximum atomic E-state index is 3.11. The summed E-state index contributed by atoms with van der Waals surface area (Å²) in [5.74, 6) is 0. The topological polar surface area (TPSA) is 0 Å². The van der Waals surface area contributed by atoms with E-state index in [-0.39, 0.29) is 0 Å². The predicted octanol–water partition coefficient (Wildman–Crippen LogP) is 2.77. The molecule has 0 saturated carbocycles. The van der Waals surface area contributed by atoms with Crippen molar-refractivity contribution in [2.24, 2.45) is 0 Å². The van der Waals surface area contributed by atoms with Crippen molar-refractivity contribution >= 4 is 0 Å². The summed E-state index contributed by atoms with van der Waals surface area (Å²) < 4.78 is 0. The minimum atomic E-state index is 1.14. The molecule has 0 aromatic carbocycles. The summed E-state index contributed by atoms with van der Waals surface area (Å²) in [5.41, 5.74) is 4.25. The molecule has 0 amide bonds. The fourth-order valence-corrected chi connectivity index (χ4v) is 0.711. The fraction of sp³-hybridized carbons (Fsp3) is 0.100. The molecule has 1 aliphatic rings. The molecular weight excluding hydrogens is 120 g/mol. The average Bonchev–Trinajstić information content (AvgIpc) is 2.41. The zero-order chi connectivity index (χ0) is 7.23. The van der Waals surface area contributed by atoms with Crippen LogP contribution in [-0.2, 0) is 0 Å². The van der Waals surface area contributed by atoms with Gasteiger partial charge in [-0.05, 0) is 25.2 Å². The summed E-state index contributed by atoms with van der Waals surface area (Å²) in [4.78, 5) is 0. The van der Waals surface area contributed by atoms with E-state index in [1.165, 1.54) is 0 Å². The van der Waals surface area contributed by atoms with Gasteiger partial charge in [0.05, 0.1) is 0 Å². The average molecular weight is 130 g/mol. The molecule has 0 saturated heterocycles. The Balaban J connectivity index is 2.71. The van der Waals surface area contributed by atoms with E-state index >= 15 is 0 Å². The van der Waals surface area contributed by atoms with Crippen molar-refractivity contribution in [3.63, 3.8) is 0 Å². The molecule has 0 bridgehead atoms. The van der Waals surface area contributed by atoms with E-state index < -0.39 is 0 Å². The Labute approximate surface area is 61.6 Å². The zero-order valence-corrected chi connectivity index (χ0v) is 6.04. The standard InChI is InChI=1S/C10H10/c1-2-3-4-7-10-8-5-6-9-10/h2-6,8-9H,1H3. The Kier molecular flexibility index (Phi) is 2.54. The van der Waals surface area contributed by atoms with Crippen molar-refractivity contribution in [3.8, 4) is 0 Å². The Morgan fingerprint density at radius 3 is 2.60 bits per heavy atom.